The fraction of sp³-hybridized carbons (Fsp3) is 0.333. The van der Waals surface area contributed by atoms with Gasteiger partial charge in [-0.05, 0) is 60.7 Å². The van der Waals surface area contributed by atoms with E-state index < -0.39 is 29.7 Å². The van der Waals surface area contributed by atoms with E-state index in [1.165, 1.54) is 0 Å². The molecule has 0 radical (unpaired) electrons. The second-order valence-corrected chi connectivity index (χ2v) is 10.5. The minimum Gasteiger partial charge on any atom is -0.480 e. The summed E-state index contributed by atoms with van der Waals surface area (Å²) in [6.07, 6.45) is 2.39. The van der Waals surface area contributed by atoms with Crippen molar-refractivity contribution in [3.05, 3.63) is 89.7 Å². The third-order valence-corrected chi connectivity index (χ3v) is 6.30. The highest BCUT2D eigenvalue weighted by Gasteiger charge is 2.31. The lowest BCUT2D eigenvalue weighted by atomic mass is 9.98. The zero-order chi connectivity index (χ0) is 28.0. The van der Waals surface area contributed by atoms with Crippen molar-refractivity contribution in [3.63, 3.8) is 0 Å². The summed E-state index contributed by atoms with van der Waals surface area (Å²) in [7, 11) is 0. The third-order valence-electron chi connectivity index (χ3n) is 6.30. The summed E-state index contributed by atoms with van der Waals surface area (Å²) in [6.45, 7) is 5.31. The van der Waals surface area contributed by atoms with Crippen LogP contribution in [0.5, 0.6) is 0 Å². The Morgan fingerprint density at radius 1 is 0.974 bits per heavy atom. The molecule has 9 nitrogen and oxygen atoms in total. The van der Waals surface area contributed by atoms with Crippen LogP contribution in [0.15, 0.2) is 73.1 Å². The SMILES string of the molecule is CC(C)(C)OC(=O)CN(Cc1ccncc1)C[C@H](NC(=O)OCC1c2ccccc2-c2ccccc21)C(=O)O. The normalized spacial score (nSPS) is 13.3. The molecule has 9 heteroatoms. The minimum absolute atomic E-state index is 0.0604. The number of alkyl carbamates (subject to hydrolysis) is 1. The lowest BCUT2D eigenvalue weighted by molar-refractivity contribution is -0.157. The number of hydrogen-bond acceptors (Lipinski definition) is 7. The molecule has 1 atom stereocenters. The second kappa shape index (κ2) is 12.1. The Hall–Kier alpha value is -4.24. The van der Waals surface area contributed by atoms with E-state index in [1.54, 1.807) is 50.2 Å². The van der Waals surface area contributed by atoms with Crippen molar-refractivity contribution in [3.8, 4) is 11.1 Å². The summed E-state index contributed by atoms with van der Waals surface area (Å²) >= 11 is 0. The Morgan fingerprint density at radius 3 is 2.13 bits per heavy atom. The fourth-order valence-corrected chi connectivity index (χ4v) is 4.71. The number of nitrogens with zero attached hydrogens (tertiary/aromatic N) is 2. The molecule has 0 saturated heterocycles. The standard InChI is InChI=1S/C30H33N3O6/c1-30(2,3)39-27(34)18-33(16-20-12-14-31-15-13-20)17-26(28(35)36)32-29(37)38-19-25-23-10-6-4-8-21(23)22-9-5-7-11-24(22)25/h4-15,25-26H,16-19H2,1-3H3,(H,32,37)(H,35,36)/t26-/m0/s1. The smallest absolute Gasteiger partial charge is 0.407 e. The van der Waals surface area contributed by atoms with Crippen LogP contribution < -0.4 is 5.32 Å². The Balaban J connectivity index is 1.42. The summed E-state index contributed by atoms with van der Waals surface area (Å²) in [5, 5.41) is 12.3. The average Bonchev–Trinajstić information content (AvgIpc) is 3.20. The molecule has 3 aromatic rings. The lowest BCUT2D eigenvalue weighted by Crippen LogP contribution is -2.50. The zero-order valence-corrected chi connectivity index (χ0v) is 22.3. The summed E-state index contributed by atoms with van der Waals surface area (Å²) in [5.74, 6) is -1.89. The Kier molecular flexibility index (Phi) is 8.61. The molecule has 39 heavy (non-hydrogen) atoms. The first-order chi connectivity index (χ1) is 18.6. The van der Waals surface area contributed by atoms with Gasteiger partial charge in [-0.3, -0.25) is 14.7 Å². The van der Waals surface area contributed by atoms with Crippen LogP contribution in [-0.4, -0.2) is 64.4 Å². The predicted molar refractivity (Wildman–Crippen MR) is 145 cm³/mol. The fourth-order valence-electron chi connectivity index (χ4n) is 4.71. The van der Waals surface area contributed by atoms with Gasteiger partial charge >= 0.3 is 18.0 Å². The topological polar surface area (TPSA) is 118 Å². The van der Waals surface area contributed by atoms with Crippen molar-refractivity contribution >= 4 is 18.0 Å². The monoisotopic (exact) mass is 531 g/mol. The molecule has 204 valence electrons. The molecule has 0 unspecified atom stereocenters. The summed E-state index contributed by atoms with van der Waals surface area (Å²) < 4.78 is 11.0. The number of ether oxygens (including phenoxy) is 2. The molecule has 2 aromatic carbocycles. The Bertz CT molecular complexity index is 1280. The van der Waals surface area contributed by atoms with E-state index >= 15 is 0 Å². The molecule has 1 aliphatic carbocycles. The van der Waals surface area contributed by atoms with Crippen molar-refractivity contribution in [1.82, 2.24) is 15.2 Å². The van der Waals surface area contributed by atoms with Gasteiger partial charge < -0.3 is 19.9 Å². The third kappa shape index (κ3) is 7.42. The van der Waals surface area contributed by atoms with Gasteiger partial charge in [0, 0.05) is 31.4 Å². The molecule has 4 rings (SSSR count). The molecule has 0 fully saturated rings. The number of nitrogens with one attached hydrogen (secondary N) is 1. The minimum atomic E-state index is -1.31. The van der Waals surface area contributed by atoms with Gasteiger partial charge in [0.05, 0.1) is 6.54 Å². The Morgan fingerprint density at radius 2 is 1.56 bits per heavy atom. The molecule has 1 heterocycles. The van der Waals surface area contributed by atoms with E-state index in [2.05, 4.69) is 10.3 Å². The number of fused-ring (bicyclic) bond motifs is 3. The number of rotatable bonds is 10. The first-order valence-corrected chi connectivity index (χ1v) is 12.8. The van der Waals surface area contributed by atoms with Crippen LogP contribution >= 0.6 is 0 Å². The number of carbonyl (C=O) groups excluding carboxylic acids is 2. The number of pyridine rings is 1. The molecule has 2 N–H and O–H groups in total. The molecule has 1 aromatic heterocycles. The molecular weight excluding hydrogens is 498 g/mol. The number of amides is 1. The number of carbonyl (C=O) groups is 3. The number of esters is 1. The highest BCUT2D eigenvalue weighted by Crippen LogP contribution is 2.44. The number of hydrogen-bond donors (Lipinski definition) is 2. The first-order valence-electron chi connectivity index (χ1n) is 12.8. The number of aliphatic carboxylic acids is 1. The van der Waals surface area contributed by atoms with Crippen molar-refractivity contribution in [2.75, 3.05) is 19.7 Å². The van der Waals surface area contributed by atoms with Crippen LogP contribution in [0.3, 0.4) is 0 Å². The largest absolute Gasteiger partial charge is 0.480 e. The van der Waals surface area contributed by atoms with Crippen LogP contribution in [0, 0.1) is 0 Å². The summed E-state index contributed by atoms with van der Waals surface area (Å²) in [6, 6.07) is 18.2. The van der Waals surface area contributed by atoms with Crippen molar-refractivity contribution in [1.29, 1.82) is 0 Å². The highest BCUT2D eigenvalue weighted by atomic mass is 16.6. The van der Waals surface area contributed by atoms with Crippen LogP contribution in [0.4, 0.5) is 4.79 Å². The van der Waals surface area contributed by atoms with Gasteiger partial charge in [-0.2, -0.15) is 0 Å². The number of carboxylic acids is 1. The second-order valence-electron chi connectivity index (χ2n) is 10.5. The summed E-state index contributed by atoms with van der Waals surface area (Å²) in [4.78, 5) is 43.0. The molecule has 0 spiro atoms. The maximum Gasteiger partial charge on any atom is 0.407 e. The van der Waals surface area contributed by atoms with Crippen LogP contribution in [0.25, 0.3) is 11.1 Å². The molecule has 0 saturated carbocycles. The predicted octanol–water partition coefficient (Wildman–Crippen LogP) is 4.22. The van der Waals surface area contributed by atoms with E-state index in [0.29, 0.717) is 0 Å². The highest BCUT2D eigenvalue weighted by molar-refractivity contribution is 5.81. The van der Waals surface area contributed by atoms with Crippen molar-refractivity contribution < 1.29 is 29.0 Å². The van der Waals surface area contributed by atoms with Gasteiger partial charge in [0.25, 0.3) is 0 Å². The zero-order valence-electron chi connectivity index (χ0n) is 22.3. The Labute approximate surface area is 227 Å². The van der Waals surface area contributed by atoms with Gasteiger partial charge in [0.2, 0.25) is 0 Å². The van der Waals surface area contributed by atoms with E-state index in [9.17, 15) is 19.5 Å². The molecule has 1 aliphatic rings. The maximum atomic E-state index is 12.8. The molecule has 0 bridgehead atoms. The number of aromatic nitrogens is 1. The average molecular weight is 532 g/mol. The van der Waals surface area contributed by atoms with E-state index in [-0.39, 0.29) is 32.2 Å². The molecular formula is C30H33N3O6. The number of carboxylic acid groups (broad SMARTS) is 1. The number of benzene rings is 2. The van der Waals surface area contributed by atoms with Crippen molar-refractivity contribution in [2.24, 2.45) is 0 Å². The quantitative estimate of drug-likeness (QED) is 0.374. The van der Waals surface area contributed by atoms with Crippen LogP contribution in [0.1, 0.15) is 43.4 Å². The van der Waals surface area contributed by atoms with Gasteiger partial charge in [-0.15, -0.1) is 0 Å². The maximum absolute atomic E-state index is 12.8. The molecule has 1 amide bonds. The van der Waals surface area contributed by atoms with Crippen LogP contribution in [-0.2, 0) is 25.6 Å². The first kappa shape index (κ1) is 27.8. The summed E-state index contributed by atoms with van der Waals surface area (Å²) in [5.41, 5.74) is 4.45. The van der Waals surface area contributed by atoms with E-state index in [4.69, 9.17) is 9.47 Å². The van der Waals surface area contributed by atoms with Gasteiger partial charge in [0.15, 0.2) is 0 Å². The van der Waals surface area contributed by atoms with Gasteiger partial charge in [-0.1, -0.05) is 48.5 Å². The molecule has 0 aliphatic heterocycles. The van der Waals surface area contributed by atoms with Crippen molar-refractivity contribution in [2.45, 2.75) is 44.9 Å². The lowest BCUT2D eigenvalue weighted by Gasteiger charge is -2.27. The van der Waals surface area contributed by atoms with Gasteiger partial charge in [-0.25, -0.2) is 9.59 Å². The van der Waals surface area contributed by atoms with Gasteiger partial charge in [0.1, 0.15) is 18.2 Å². The van der Waals surface area contributed by atoms with Crippen LogP contribution in [0.2, 0.25) is 0 Å². The van der Waals surface area contributed by atoms with E-state index in [1.807, 2.05) is 48.5 Å². The van der Waals surface area contributed by atoms with E-state index in [0.717, 1.165) is 27.8 Å².